The second-order valence-corrected chi connectivity index (χ2v) is 4.01. The highest BCUT2D eigenvalue weighted by Gasteiger charge is 2.29. The largest absolute Gasteiger partial charge is 0.391 e. The first-order valence-corrected chi connectivity index (χ1v) is 5.30. The third kappa shape index (κ3) is 1.96. The van der Waals surface area contributed by atoms with Gasteiger partial charge < -0.3 is 19.6 Å². The van der Waals surface area contributed by atoms with Crippen molar-refractivity contribution >= 4 is 15.9 Å². The van der Waals surface area contributed by atoms with Crippen molar-refractivity contribution in [1.29, 1.82) is 0 Å². The van der Waals surface area contributed by atoms with E-state index in [1.807, 2.05) is 0 Å². The Kier molecular flexibility index (Phi) is 3.24. The SMILES string of the molecule is O=c1[nH]cc(Br)c(=O)n1C1COC(CO)O1. The highest BCUT2D eigenvalue weighted by Crippen LogP contribution is 2.17. The van der Waals surface area contributed by atoms with Gasteiger partial charge >= 0.3 is 5.69 Å². The minimum Gasteiger partial charge on any atom is -0.391 e. The van der Waals surface area contributed by atoms with Crippen molar-refractivity contribution < 1.29 is 14.6 Å². The van der Waals surface area contributed by atoms with Crippen molar-refractivity contribution in [3.8, 4) is 0 Å². The lowest BCUT2D eigenvalue weighted by Crippen LogP contribution is -2.39. The minimum atomic E-state index is -0.814. The average molecular weight is 293 g/mol. The number of nitrogens with zero attached hydrogens (tertiary/aromatic N) is 1. The second kappa shape index (κ2) is 4.50. The number of halogens is 1. The molecule has 0 spiro atoms. The molecule has 16 heavy (non-hydrogen) atoms. The van der Waals surface area contributed by atoms with E-state index in [0.29, 0.717) is 0 Å². The minimum absolute atomic E-state index is 0.0463. The molecule has 8 heteroatoms. The summed E-state index contributed by atoms with van der Waals surface area (Å²) >= 11 is 3.01. The third-order valence-electron chi connectivity index (χ3n) is 2.13. The smallest absolute Gasteiger partial charge is 0.330 e. The van der Waals surface area contributed by atoms with Crippen LogP contribution in [0.15, 0.2) is 20.3 Å². The lowest BCUT2D eigenvalue weighted by molar-refractivity contribution is -0.0997. The molecule has 2 heterocycles. The van der Waals surface area contributed by atoms with Crippen LogP contribution in [0, 0.1) is 0 Å². The molecule has 1 aromatic heterocycles. The predicted octanol–water partition coefficient (Wildman–Crippen LogP) is -0.837. The normalized spacial score (nSPS) is 24.9. The van der Waals surface area contributed by atoms with Gasteiger partial charge in [-0.05, 0) is 15.9 Å². The number of aliphatic hydroxyl groups excluding tert-OH is 1. The maximum atomic E-state index is 11.7. The Morgan fingerprint density at radius 2 is 2.38 bits per heavy atom. The maximum Gasteiger partial charge on any atom is 0.330 e. The Balaban J connectivity index is 2.38. The van der Waals surface area contributed by atoms with Crippen molar-refractivity contribution in [2.45, 2.75) is 12.5 Å². The van der Waals surface area contributed by atoms with Crippen LogP contribution in [0.5, 0.6) is 0 Å². The number of aromatic nitrogens is 2. The Labute approximate surface area is 97.7 Å². The van der Waals surface area contributed by atoms with Gasteiger partial charge in [0.05, 0.1) is 17.7 Å². The maximum absolute atomic E-state index is 11.7. The van der Waals surface area contributed by atoms with Crippen LogP contribution in [0.4, 0.5) is 0 Å². The summed E-state index contributed by atoms with van der Waals surface area (Å²) in [5, 5.41) is 8.79. The van der Waals surface area contributed by atoms with Crippen LogP contribution in [0.25, 0.3) is 0 Å². The Bertz CT molecular complexity index is 496. The molecule has 2 atom stereocenters. The van der Waals surface area contributed by atoms with E-state index in [2.05, 4.69) is 20.9 Å². The van der Waals surface area contributed by atoms with Gasteiger partial charge in [0.1, 0.15) is 0 Å². The molecule has 0 aromatic carbocycles. The van der Waals surface area contributed by atoms with Crippen molar-refractivity contribution in [3.63, 3.8) is 0 Å². The van der Waals surface area contributed by atoms with E-state index in [4.69, 9.17) is 14.6 Å². The van der Waals surface area contributed by atoms with Gasteiger partial charge in [0.2, 0.25) is 0 Å². The highest BCUT2D eigenvalue weighted by molar-refractivity contribution is 9.10. The molecule has 1 aliphatic heterocycles. The van der Waals surface area contributed by atoms with E-state index in [-0.39, 0.29) is 17.7 Å². The van der Waals surface area contributed by atoms with Gasteiger partial charge in [0, 0.05) is 6.20 Å². The van der Waals surface area contributed by atoms with Crippen LogP contribution >= 0.6 is 15.9 Å². The Morgan fingerprint density at radius 1 is 1.62 bits per heavy atom. The molecule has 0 radical (unpaired) electrons. The topological polar surface area (TPSA) is 93.6 Å². The van der Waals surface area contributed by atoms with E-state index in [0.717, 1.165) is 4.57 Å². The monoisotopic (exact) mass is 292 g/mol. The van der Waals surface area contributed by atoms with Crippen molar-refractivity contribution in [2.75, 3.05) is 13.2 Å². The standard InChI is InChI=1S/C8H9BrN2O5/c9-4-1-10-8(14)11(7(4)13)5-3-15-6(2-12)16-5/h1,5-6,12H,2-3H2,(H,10,14). The van der Waals surface area contributed by atoms with Crippen LogP contribution in [-0.2, 0) is 9.47 Å². The summed E-state index contributed by atoms with van der Waals surface area (Å²) in [6.07, 6.45) is -0.346. The van der Waals surface area contributed by atoms with E-state index in [9.17, 15) is 9.59 Å². The van der Waals surface area contributed by atoms with Crippen LogP contribution in [0.3, 0.4) is 0 Å². The number of aromatic amines is 1. The van der Waals surface area contributed by atoms with Crippen molar-refractivity contribution in [2.24, 2.45) is 0 Å². The summed E-state index contributed by atoms with van der Waals surface area (Å²) in [6, 6.07) is 0. The molecule has 7 nitrogen and oxygen atoms in total. The van der Waals surface area contributed by atoms with Gasteiger partial charge in [-0.2, -0.15) is 0 Å². The number of ether oxygens (including phenoxy) is 2. The Morgan fingerprint density at radius 3 is 3.00 bits per heavy atom. The highest BCUT2D eigenvalue weighted by atomic mass is 79.9. The fraction of sp³-hybridized carbons (Fsp3) is 0.500. The van der Waals surface area contributed by atoms with Crippen LogP contribution < -0.4 is 11.2 Å². The zero-order valence-corrected chi connectivity index (χ0v) is 9.64. The molecule has 1 aliphatic rings. The third-order valence-corrected chi connectivity index (χ3v) is 2.70. The fourth-order valence-corrected chi connectivity index (χ4v) is 1.71. The molecule has 88 valence electrons. The van der Waals surface area contributed by atoms with Gasteiger partial charge in [-0.25, -0.2) is 9.36 Å². The summed E-state index contributed by atoms with van der Waals surface area (Å²) < 4.78 is 11.3. The van der Waals surface area contributed by atoms with E-state index < -0.39 is 23.8 Å². The molecule has 0 aliphatic carbocycles. The zero-order valence-electron chi connectivity index (χ0n) is 8.05. The number of H-pyrrole nitrogens is 1. The van der Waals surface area contributed by atoms with Crippen molar-refractivity contribution in [1.82, 2.24) is 9.55 Å². The zero-order chi connectivity index (χ0) is 11.7. The Hall–Kier alpha value is -0.960. The molecule has 0 amide bonds. The first-order valence-electron chi connectivity index (χ1n) is 4.51. The molecule has 1 aromatic rings. The number of aliphatic hydroxyl groups is 1. The lowest BCUT2D eigenvalue weighted by Gasteiger charge is -2.11. The summed E-state index contributed by atoms with van der Waals surface area (Å²) in [5.41, 5.74) is -1.09. The predicted molar refractivity (Wildman–Crippen MR) is 56.0 cm³/mol. The molecule has 0 bridgehead atoms. The molecular formula is C8H9BrN2O5. The van der Waals surface area contributed by atoms with E-state index in [1.165, 1.54) is 6.20 Å². The summed E-state index contributed by atoms with van der Waals surface area (Å²) in [7, 11) is 0. The van der Waals surface area contributed by atoms with Crippen LogP contribution in [0.2, 0.25) is 0 Å². The quantitative estimate of drug-likeness (QED) is 0.742. The summed E-state index contributed by atoms with van der Waals surface area (Å²) in [4.78, 5) is 25.5. The van der Waals surface area contributed by atoms with Crippen LogP contribution in [-0.4, -0.2) is 34.2 Å². The first kappa shape index (κ1) is 11.5. The van der Waals surface area contributed by atoms with E-state index in [1.54, 1.807) is 0 Å². The number of rotatable bonds is 2. The van der Waals surface area contributed by atoms with Crippen molar-refractivity contribution in [3.05, 3.63) is 31.5 Å². The number of hydrogen-bond donors (Lipinski definition) is 2. The van der Waals surface area contributed by atoms with Gasteiger partial charge in [-0.15, -0.1) is 0 Å². The molecule has 2 unspecified atom stereocenters. The number of nitrogens with one attached hydrogen (secondary N) is 1. The molecular weight excluding hydrogens is 284 g/mol. The molecule has 2 rings (SSSR count). The second-order valence-electron chi connectivity index (χ2n) is 3.15. The first-order chi connectivity index (χ1) is 7.63. The average Bonchev–Trinajstić information content (AvgIpc) is 2.73. The molecule has 2 N–H and O–H groups in total. The van der Waals surface area contributed by atoms with Gasteiger partial charge in [0.25, 0.3) is 5.56 Å². The summed E-state index contributed by atoms with van der Waals surface area (Å²) in [5.74, 6) is 0. The fourth-order valence-electron chi connectivity index (χ4n) is 1.40. The van der Waals surface area contributed by atoms with Gasteiger partial charge in [-0.3, -0.25) is 4.79 Å². The van der Waals surface area contributed by atoms with Crippen LogP contribution in [0.1, 0.15) is 6.23 Å². The van der Waals surface area contributed by atoms with Gasteiger partial charge in [-0.1, -0.05) is 0 Å². The molecule has 1 saturated heterocycles. The summed E-state index contributed by atoms with van der Waals surface area (Å²) in [6.45, 7) is -0.276. The lowest BCUT2D eigenvalue weighted by atomic mass is 10.5. The molecule has 1 fully saturated rings. The molecule has 0 saturated carbocycles. The number of hydrogen-bond acceptors (Lipinski definition) is 5. The van der Waals surface area contributed by atoms with Gasteiger partial charge in [0.15, 0.2) is 12.5 Å². The van der Waals surface area contributed by atoms with E-state index >= 15 is 0 Å².